The molecule has 0 spiro atoms. The first-order chi connectivity index (χ1) is 39.0. The van der Waals surface area contributed by atoms with Gasteiger partial charge in [0.05, 0.1) is 9.79 Å². The van der Waals surface area contributed by atoms with Gasteiger partial charge in [0.15, 0.2) is 0 Å². The molecule has 2 aromatic rings. The van der Waals surface area contributed by atoms with E-state index < -0.39 is 20.2 Å². The molecule has 2 aromatic carbocycles. The standard InChI is InChI=1S/2C36H66O3S.Ca/c2*1-3-5-7-9-11-13-15-17-19-21-23-25-27-30-34-31-29-33-36(40(37,38)39)35(34)32-28-26-24-22-20-18-16-14-12-10-8-6-4-2;/h2*29,31,33H,3-28,30,32H2,1-2H3,(H,37,38,39);/q;;+2/p-2. The number of aryl methyl sites for hydroxylation is 2. The SMILES string of the molecule is CCCCCCCCCCCCCCCc1cccc(S(=O)(=O)[O-])c1CCCCCCCCCCCCCCC.CCCCCCCCCCCCCCCc1cccc(S(=O)(=O)[O-])c1CCCCCCCCCCCCCCC.[Ca+2]. The van der Waals surface area contributed by atoms with E-state index >= 15 is 0 Å². The first-order valence-electron chi connectivity index (χ1n) is 35.1. The Morgan fingerprint density at radius 2 is 0.407 bits per heavy atom. The van der Waals surface area contributed by atoms with Gasteiger partial charge in [-0.2, -0.15) is 0 Å². The summed E-state index contributed by atoms with van der Waals surface area (Å²) in [5.74, 6) is 0. The Balaban J connectivity index is 0.00000156. The number of benzene rings is 2. The quantitative estimate of drug-likeness (QED) is 0.0370. The molecule has 2 rings (SSSR count). The van der Waals surface area contributed by atoms with E-state index in [0.29, 0.717) is 12.8 Å². The van der Waals surface area contributed by atoms with Crippen molar-refractivity contribution < 1.29 is 25.9 Å². The van der Waals surface area contributed by atoms with Crippen LogP contribution in [-0.4, -0.2) is 63.7 Å². The Morgan fingerprint density at radius 1 is 0.247 bits per heavy atom. The second-order valence-electron chi connectivity index (χ2n) is 24.7. The van der Waals surface area contributed by atoms with Gasteiger partial charge in [0.25, 0.3) is 0 Å². The zero-order chi connectivity index (χ0) is 58.3. The molecular weight excluding hydrogens is 1060 g/mol. The third-order valence-corrected chi connectivity index (χ3v) is 19.0. The van der Waals surface area contributed by atoms with Crippen molar-refractivity contribution in [3.8, 4) is 0 Å². The molecule has 6 nitrogen and oxygen atoms in total. The first-order valence-corrected chi connectivity index (χ1v) is 38.0. The zero-order valence-corrected chi connectivity index (χ0v) is 57.9. The van der Waals surface area contributed by atoms with Crippen molar-refractivity contribution in [1.82, 2.24) is 0 Å². The molecular formula is C72H130CaO6S2. The summed E-state index contributed by atoms with van der Waals surface area (Å²) in [5, 5.41) is 0. The van der Waals surface area contributed by atoms with Crippen molar-refractivity contribution in [3.63, 3.8) is 0 Å². The minimum absolute atomic E-state index is 0. The van der Waals surface area contributed by atoms with Gasteiger partial charge >= 0.3 is 37.7 Å². The molecule has 0 fully saturated rings. The average molecular weight is 1200 g/mol. The number of unbranched alkanes of at least 4 members (excludes halogenated alkanes) is 48. The number of hydrogen-bond acceptors (Lipinski definition) is 6. The molecule has 0 N–H and O–H groups in total. The van der Waals surface area contributed by atoms with Crippen LogP contribution in [0, 0.1) is 0 Å². The third-order valence-electron chi connectivity index (χ3n) is 17.2. The Hall–Kier alpha value is -0.480. The Bertz CT molecular complexity index is 1750. The average Bonchev–Trinajstić information content (AvgIpc) is 3.43. The molecule has 0 unspecified atom stereocenters. The van der Waals surface area contributed by atoms with Crippen molar-refractivity contribution in [2.24, 2.45) is 0 Å². The van der Waals surface area contributed by atoms with E-state index in [1.807, 2.05) is 12.1 Å². The fourth-order valence-corrected chi connectivity index (χ4v) is 13.6. The van der Waals surface area contributed by atoms with E-state index in [-0.39, 0.29) is 47.5 Å². The van der Waals surface area contributed by atoms with Crippen LogP contribution < -0.4 is 0 Å². The summed E-state index contributed by atoms with van der Waals surface area (Å²) < 4.78 is 71.8. The van der Waals surface area contributed by atoms with Crippen LogP contribution in [-0.2, 0) is 45.9 Å². The van der Waals surface area contributed by atoms with E-state index in [0.717, 1.165) is 73.6 Å². The van der Waals surface area contributed by atoms with Gasteiger partial charge in [-0.25, -0.2) is 16.8 Å². The minimum Gasteiger partial charge on any atom is -0.744 e. The Labute approximate surface area is 535 Å². The fourth-order valence-electron chi connectivity index (χ4n) is 12.0. The Kier molecular flexibility index (Phi) is 58.2. The maximum Gasteiger partial charge on any atom is 2.00 e. The predicted octanol–water partition coefficient (Wildman–Crippen LogP) is 23.3. The largest absolute Gasteiger partial charge is 2.00 e. The normalized spacial score (nSPS) is 11.7. The zero-order valence-electron chi connectivity index (χ0n) is 54.0. The molecule has 0 amide bonds. The molecule has 0 aliphatic carbocycles. The Morgan fingerprint density at radius 3 is 0.580 bits per heavy atom. The van der Waals surface area contributed by atoms with E-state index in [1.165, 1.54) is 307 Å². The van der Waals surface area contributed by atoms with Gasteiger partial charge in [0.2, 0.25) is 0 Å². The molecule has 0 aliphatic rings. The second kappa shape index (κ2) is 58.5. The maximum atomic E-state index is 12.0. The van der Waals surface area contributed by atoms with Crippen LogP contribution in [0.2, 0.25) is 0 Å². The molecule has 0 saturated heterocycles. The summed E-state index contributed by atoms with van der Waals surface area (Å²) in [6.45, 7) is 9.08. The molecule has 0 bridgehead atoms. The first kappa shape index (κ1) is 80.5. The molecule has 0 atom stereocenters. The molecule has 9 heteroatoms. The van der Waals surface area contributed by atoms with Crippen molar-refractivity contribution in [1.29, 1.82) is 0 Å². The van der Waals surface area contributed by atoms with Crippen LogP contribution in [0.3, 0.4) is 0 Å². The van der Waals surface area contributed by atoms with Gasteiger partial charge in [-0.15, -0.1) is 0 Å². The van der Waals surface area contributed by atoms with Crippen LogP contribution >= 0.6 is 0 Å². The smallest absolute Gasteiger partial charge is 0.744 e. The number of rotatable bonds is 58. The molecule has 81 heavy (non-hydrogen) atoms. The van der Waals surface area contributed by atoms with Crippen molar-refractivity contribution in [2.75, 3.05) is 0 Å². The molecule has 0 saturated carbocycles. The van der Waals surface area contributed by atoms with Crippen LogP contribution in [0.15, 0.2) is 46.2 Å². The van der Waals surface area contributed by atoms with Crippen LogP contribution in [0.1, 0.15) is 384 Å². The molecule has 468 valence electrons. The fraction of sp³-hybridized carbons (Fsp3) is 0.833. The summed E-state index contributed by atoms with van der Waals surface area (Å²) in [6.07, 6.45) is 71.3. The minimum atomic E-state index is -4.43. The summed E-state index contributed by atoms with van der Waals surface area (Å²) in [4.78, 5) is 0.0530. The molecule has 0 heterocycles. The topological polar surface area (TPSA) is 114 Å². The van der Waals surface area contributed by atoms with Gasteiger partial charge in [0.1, 0.15) is 20.2 Å². The summed E-state index contributed by atoms with van der Waals surface area (Å²) >= 11 is 0. The molecule has 0 radical (unpaired) electrons. The van der Waals surface area contributed by atoms with Gasteiger partial charge < -0.3 is 9.11 Å². The third kappa shape index (κ3) is 48.2. The van der Waals surface area contributed by atoms with E-state index in [2.05, 4.69) is 27.7 Å². The molecule has 0 aromatic heterocycles. The van der Waals surface area contributed by atoms with Crippen LogP contribution in [0.5, 0.6) is 0 Å². The second-order valence-corrected chi connectivity index (χ2v) is 27.4. The predicted molar refractivity (Wildman–Crippen MR) is 352 cm³/mol. The molecule has 0 aliphatic heterocycles. The summed E-state index contributed by atoms with van der Waals surface area (Å²) in [6, 6.07) is 10.7. The van der Waals surface area contributed by atoms with Crippen LogP contribution in [0.4, 0.5) is 0 Å². The summed E-state index contributed by atoms with van der Waals surface area (Å²) in [5.41, 5.74) is 3.77. The van der Waals surface area contributed by atoms with E-state index in [4.69, 9.17) is 0 Å². The maximum absolute atomic E-state index is 12.0. The van der Waals surface area contributed by atoms with Gasteiger partial charge in [-0.05, 0) is 85.8 Å². The van der Waals surface area contributed by atoms with Gasteiger partial charge in [-0.3, -0.25) is 0 Å². The monoisotopic (exact) mass is 1190 g/mol. The van der Waals surface area contributed by atoms with E-state index in [1.54, 1.807) is 12.1 Å². The van der Waals surface area contributed by atoms with Crippen molar-refractivity contribution in [2.45, 2.75) is 397 Å². The number of hydrogen-bond donors (Lipinski definition) is 0. The summed E-state index contributed by atoms with van der Waals surface area (Å²) in [7, 11) is -8.86. The van der Waals surface area contributed by atoms with Crippen LogP contribution in [0.25, 0.3) is 0 Å². The van der Waals surface area contributed by atoms with E-state index in [9.17, 15) is 25.9 Å². The van der Waals surface area contributed by atoms with Crippen molar-refractivity contribution in [3.05, 3.63) is 58.7 Å². The van der Waals surface area contributed by atoms with Crippen molar-refractivity contribution >= 4 is 58.0 Å². The van der Waals surface area contributed by atoms with Gasteiger partial charge in [0, 0.05) is 0 Å². The van der Waals surface area contributed by atoms with Gasteiger partial charge in [-0.1, -0.05) is 360 Å².